The molecule has 0 fully saturated rings. The van der Waals surface area contributed by atoms with Crippen molar-refractivity contribution in [2.75, 3.05) is 14.2 Å². The SMILES string of the molecule is COc1cc2[nH+]c3c(cc(OC)c4c(=O)c5ccccc5c(=O)c43)[nH+]c2c2c(=O)c3ccccc3c(=O)c12. The summed E-state index contributed by atoms with van der Waals surface area (Å²) in [6.07, 6.45) is 0. The van der Waals surface area contributed by atoms with E-state index >= 15 is 0 Å². The number of aromatic amines is 2. The first kappa shape index (κ1) is 22.0. The molecule has 0 saturated heterocycles. The van der Waals surface area contributed by atoms with Gasteiger partial charge in [0.15, 0.2) is 10.9 Å². The number of nitrogens with one attached hydrogen (secondary N) is 2. The molecule has 182 valence electrons. The van der Waals surface area contributed by atoms with Crippen LogP contribution in [0.3, 0.4) is 0 Å². The van der Waals surface area contributed by atoms with Crippen LogP contribution in [0.5, 0.6) is 11.5 Å². The molecule has 8 nitrogen and oxygen atoms in total. The van der Waals surface area contributed by atoms with E-state index in [0.717, 1.165) is 0 Å². The van der Waals surface area contributed by atoms with Crippen LogP contribution in [0, 0.1) is 0 Å². The van der Waals surface area contributed by atoms with Gasteiger partial charge in [-0.15, -0.1) is 0 Å². The van der Waals surface area contributed by atoms with E-state index in [0.29, 0.717) is 43.6 Å². The molecular formula is C30H18N2O6+2. The molecule has 0 radical (unpaired) electrons. The van der Waals surface area contributed by atoms with E-state index in [2.05, 4.69) is 9.97 Å². The highest BCUT2D eigenvalue weighted by Gasteiger charge is 2.29. The minimum Gasteiger partial charge on any atom is -0.496 e. The zero-order chi connectivity index (χ0) is 26.3. The van der Waals surface area contributed by atoms with Crippen molar-refractivity contribution < 1.29 is 19.4 Å². The van der Waals surface area contributed by atoms with E-state index in [1.54, 1.807) is 60.7 Å². The van der Waals surface area contributed by atoms with Crippen LogP contribution in [0.2, 0.25) is 0 Å². The molecule has 0 aliphatic heterocycles. The van der Waals surface area contributed by atoms with Crippen molar-refractivity contribution in [2.45, 2.75) is 0 Å². The Labute approximate surface area is 212 Å². The molecule has 0 unspecified atom stereocenters. The quantitative estimate of drug-likeness (QED) is 0.265. The second kappa shape index (κ2) is 7.63. The Balaban J connectivity index is 1.78. The molecule has 0 aliphatic carbocycles. The average Bonchev–Trinajstić information content (AvgIpc) is 2.95. The van der Waals surface area contributed by atoms with Crippen molar-refractivity contribution >= 4 is 65.2 Å². The third kappa shape index (κ3) is 2.68. The normalized spacial score (nSPS) is 11.8. The number of aromatic nitrogens is 2. The van der Waals surface area contributed by atoms with E-state index in [1.165, 1.54) is 14.2 Å². The zero-order valence-corrected chi connectivity index (χ0v) is 20.2. The molecule has 0 saturated carbocycles. The molecule has 38 heavy (non-hydrogen) atoms. The summed E-state index contributed by atoms with van der Waals surface area (Å²) in [7, 11) is 2.85. The predicted molar refractivity (Wildman–Crippen MR) is 145 cm³/mol. The average molecular weight is 502 g/mol. The van der Waals surface area contributed by atoms with E-state index in [9.17, 15) is 19.2 Å². The number of hydrogen-bond donors (Lipinski definition) is 0. The van der Waals surface area contributed by atoms with Crippen LogP contribution in [-0.2, 0) is 0 Å². The van der Waals surface area contributed by atoms with Crippen LogP contribution in [0.4, 0.5) is 0 Å². The molecule has 6 aromatic carbocycles. The number of ether oxygens (including phenoxy) is 2. The molecule has 0 bridgehead atoms. The van der Waals surface area contributed by atoms with Gasteiger partial charge in [-0.2, -0.15) is 9.97 Å². The van der Waals surface area contributed by atoms with E-state index < -0.39 is 0 Å². The van der Waals surface area contributed by atoms with Crippen molar-refractivity contribution in [1.29, 1.82) is 0 Å². The lowest BCUT2D eigenvalue weighted by Gasteiger charge is -2.07. The lowest BCUT2D eigenvalue weighted by atomic mass is 9.98. The van der Waals surface area contributed by atoms with Gasteiger partial charge >= 0.3 is 0 Å². The molecule has 1 aromatic heterocycles. The van der Waals surface area contributed by atoms with Gasteiger partial charge in [0.05, 0.1) is 37.1 Å². The van der Waals surface area contributed by atoms with Crippen LogP contribution in [0.15, 0.2) is 79.8 Å². The van der Waals surface area contributed by atoms with Crippen molar-refractivity contribution in [3.05, 3.63) is 102 Å². The van der Waals surface area contributed by atoms with Crippen molar-refractivity contribution in [3.63, 3.8) is 0 Å². The fraction of sp³-hybridized carbons (Fsp3) is 0.0667. The summed E-state index contributed by atoms with van der Waals surface area (Å²) in [6.45, 7) is 0. The molecule has 8 heteroatoms. The highest BCUT2D eigenvalue weighted by Crippen LogP contribution is 2.31. The van der Waals surface area contributed by atoms with Crippen LogP contribution < -0.4 is 41.2 Å². The summed E-state index contributed by atoms with van der Waals surface area (Å²) < 4.78 is 11.1. The summed E-state index contributed by atoms with van der Waals surface area (Å²) in [5.74, 6) is 0.443. The first-order chi connectivity index (χ1) is 18.4. The number of rotatable bonds is 2. The van der Waals surface area contributed by atoms with Crippen LogP contribution in [0.1, 0.15) is 0 Å². The number of H-pyrrole nitrogens is 2. The maximum absolute atomic E-state index is 13.7. The zero-order valence-electron chi connectivity index (χ0n) is 20.2. The van der Waals surface area contributed by atoms with Gasteiger partial charge in [0.2, 0.25) is 10.9 Å². The molecule has 7 rings (SSSR count). The van der Waals surface area contributed by atoms with Gasteiger partial charge in [0.25, 0.3) is 22.1 Å². The lowest BCUT2D eigenvalue weighted by molar-refractivity contribution is -0.359. The summed E-state index contributed by atoms with van der Waals surface area (Å²) in [5.41, 5.74) is 0.323. The van der Waals surface area contributed by atoms with Gasteiger partial charge in [-0.3, -0.25) is 19.2 Å². The summed E-state index contributed by atoms with van der Waals surface area (Å²) in [5, 5.41) is 1.89. The van der Waals surface area contributed by atoms with Crippen molar-refractivity contribution in [2.24, 2.45) is 0 Å². The van der Waals surface area contributed by atoms with E-state index in [1.807, 2.05) is 0 Å². The standard InChI is InChI=1S/C30H16N2O6/c1-37-19-11-17-25(23-21(19)27(33)13-7-3-5-9-15(13)29(23)35)32-18-12-20(38-2)22-24(26(18)31-17)30(36)16-10-6-4-8-14(16)28(22)34/h3-12H,1-2H3/p+2. The number of methoxy groups -OCH3 is 2. The van der Waals surface area contributed by atoms with Gasteiger partial charge in [-0.05, 0) is 0 Å². The van der Waals surface area contributed by atoms with E-state index in [4.69, 9.17) is 9.47 Å². The largest absolute Gasteiger partial charge is 0.496 e. The Morgan fingerprint density at radius 2 is 0.816 bits per heavy atom. The molecule has 0 aliphatic rings. The second-order valence-electron chi connectivity index (χ2n) is 9.16. The maximum Gasteiger partial charge on any atom is 0.288 e. The third-order valence-corrected chi connectivity index (χ3v) is 7.28. The van der Waals surface area contributed by atoms with Gasteiger partial charge in [0, 0.05) is 21.5 Å². The van der Waals surface area contributed by atoms with Gasteiger partial charge < -0.3 is 9.47 Å². The van der Waals surface area contributed by atoms with Crippen LogP contribution >= 0.6 is 0 Å². The lowest BCUT2D eigenvalue weighted by Crippen LogP contribution is -2.24. The first-order valence-corrected chi connectivity index (χ1v) is 11.9. The Kier molecular flexibility index (Phi) is 4.42. The Bertz CT molecular complexity index is 2240. The topological polar surface area (TPSA) is 115 Å². The van der Waals surface area contributed by atoms with Crippen LogP contribution in [0.25, 0.3) is 65.2 Å². The molecule has 2 N–H and O–H groups in total. The molecule has 1 heterocycles. The van der Waals surface area contributed by atoms with E-state index in [-0.39, 0.29) is 54.8 Å². The number of fused-ring (bicyclic) bond motifs is 8. The number of hydrogen-bond acceptors (Lipinski definition) is 6. The molecule has 0 atom stereocenters. The minimum absolute atomic E-state index is 0.165. The molecule has 7 aromatic rings. The Morgan fingerprint density at radius 1 is 0.500 bits per heavy atom. The van der Waals surface area contributed by atoms with Gasteiger partial charge in [-0.25, -0.2) is 0 Å². The minimum atomic E-state index is -0.326. The van der Waals surface area contributed by atoms with Gasteiger partial charge in [0.1, 0.15) is 22.3 Å². The Morgan fingerprint density at radius 3 is 1.13 bits per heavy atom. The molecule has 0 amide bonds. The van der Waals surface area contributed by atoms with Crippen LogP contribution in [-0.4, -0.2) is 14.2 Å². The summed E-state index contributed by atoms with van der Waals surface area (Å²) in [4.78, 5) is 60.8. The fourth-order valence-electron chi connectivity index (χ4n) is 5.57. The first-order valence-electron chi connectivity index (χ1n) is 11.9. The monoisotopic (exact) mass is 502 g/mol. The predicted octanol–water partition coefficient (Wildman–Crippen LogP) is 2.57. The molecule has 0 spiro atoms. The maximum atomic E-state index is 13.7. The number of benzene rings is 6. The summed E-state index contributed by atoms with van der Waals surface area (Å²) in [6, 6.07) is 16.5. The van der Waals surface area contributed by atoms with Crippen molar-refractivity contribution in [1.82, 2.24) is 0 Å². The van der Waals surface area contributed by atoms with Gasteiger partial charge in [-0.1, -0.05) is 48.5 Å². The third-order valence-electron chi connectivity index (χ3n) is 7.28. The Hall–Kier alpha value is -5.24. The highest BCUT2D eigenvalue weighted by molar-refractivity contribution is 6.13. The second-order valence-corrected chi connectivity index (χ2v) is 9.16. The summed E-state index contributed by atoms with van der Waals surface area (Å²) >= 11 is 0. The molecular weight excluding hydrogens is 484 g/mol. The highest BCUT2D eigenvalue weighted by atomic mass is 16.5. The fourth-order valence-corrected chi connectivity index (χ4v) is 5.57. The van der Waals surface area contributed by atoms with Crippen molar-refractivity contribution in [3.8, 4) is 11.5 Å². The smallest absolute Gasteiger partial charge is 0.288 e.